The lowest BCUT2D eigenvalue weighted by molar-refractivity contribution is -0.127. The van der Waals surface area contributed by atoms with E-state index in [1.807, 2.05) is 18.2 Å². The van der Waals surface area contributed by atoms with E-state index >= 15 is 0 Å². The summed E-state index contributed by atoms with van der Waals surface area (Å²) in [5, 5.41) is 3.31. The Balaban J connectivity index is 1.40. The molecule has 2 aliphatic rings. The van der Waals surface area contributed by atoms with Crippen molar-refractivity contribution in [2.24, 2.45) is 5.92 Å². The molecule has 5 rings (SSSR count). The maximum Gasteiger partial charge on any atom is 0.224 e. The minimum absolute atomic E-state index is 0.0467. The molecule has 1 amide bonds. The number of carbonyl (C=O) groups is 1. The average molecular weight is 474 g/mol. The molecular formula is C29H32FN3O2. The van der Waals surface area contributed by atoms with E-state index in [-0.39, 0.29) is 29.6 Å². The first-order valence-electron chi connectivity index (χ1n) is 12.5. The number of aromatic nitrogens is 1. The van der Waals surface area contributed by atoms with E-state index in [9.17, 15) is 9.18 Å². The van der Waals surface area contributed by atoms with Crippen LogP contribution in [0, 0.1) is 11.7 Å². The first kappa shape index (κ1) is 23.6. The Morgan fingerprint density at radius 1 is 0.943 bits per heavy atom. The van der Waals surface area contributed by atoms with Gasteiger partial charge in [-0.15, -0.1) is 0 Å². The quantitative estimate of drug-likeness (QED) is 0.563. The first-order valence-corrected chi connectivity index (χ1v) is 12.5. The minimum Gasteiger partial charge on any atom is -0.379 e. The standard InChI is InChI=1S/C29H32FN3O2/c30-24-8-6-22(7-9-24)28(23-12-14-31-15-13-23)32-29(34)26-11-10-25(33-16-18-35-19-17-33)20-27(26)21-4-2-1-3-5-21/h1-9,12-15,25-28H,10-11,16-20H2,(H,32,34)/t25-,26-,27+,28?/m1/s1. The van der Waals surface area contributed by atoms with Crippen molar-refractivity contribution in [1.29, 1.82) is 0 Å². The van der Waals surface area contributed by atoms with Gasteiger partial charge in [-0.05, 0) is 66.1 Å². The van der Waals surface area contributed by atoms with Crippen molar-refractivity contribution < 1.29 is 13.9 Å². The van der Waals surface area contributed by atoms with E-state index in [0.717, 1.165) is 56.7 Å². The van der Waals surface area contributed by atoms with Gasteiger partial charge in [0, 0.05) is 37.4 Å². The zero-order valence-electron chi connectivity index (χ0n) is 19.9. The summed E-state index contributed by atoms with van der Waals surface area (Å²) >= 11 is 0. The number of hydrogen-bond acceptors (Lipinski definition) is 4. The largest absolute Gasteiger partial charge is 0.379 e. The van der Waals surface area contributed by atoms with Crippen molar-refractivity contribution in [2.45, 2.75) is 37.3 Å². The van der Waals surface area contributed by atoms with Crippen LogP contribution in [0.1, 0.15) is 47.9 Å². The monoisotopic (exact) mass is 473 g/mol. The molecule has 0 bridgehead atoms. The normalized spacial score (nSPS) is 24.0. The summed E-state index contributed by atoms with van der Waals surface area (Å²) in [6.45, 7) is 3.47. The van der Waals surface area contributed by atoms with Crippen molar-refractivity contribution >= 4 is 5.91 Å². The van der Waals surface area contributed by atoms with Crippen LogP contribution < -0.4 is 5.32 Å². The lowest BCUT2D eigenvalue weighted by Crippen LogP contribution is -2.48. The third-order valence-corrected chi connectivity index (χ3v) is 7.48. The van der Waals surface area contributed by atoms with Crippen molar-refractivity contribution in [2.75, 3.05) is 26.3 Å². The molecule has 5 nitrogen and oxygen atoms in total. The summed E-state index contributed by atoms with van der Waals surface area (Å²) < 4.78 is 19.2. The first-order chi connectivity index (χ1) is 17.2. The molecule has 1 saturated carbocycles. The van der Waals surface area contributed by atoms with Crippen molar-refractivity contribution in [3.63, 3.8) is 0 Å². The number of morpholine rings is 1. The maximum atomic E-state index is 13.9. The number of rotatable bonds is 6. The molecule has 2 heterocycles. The fourth-order valence-electron chi connectivity index (χ4n) is 5.62. The highest BCUT2D eigenvalue weighted by atomic mass is 19.1. The molecule has 4 atom stereocenters. The molecule has 182 valence electrons. The summed E-state index contributed by atoms with van der Waals surface area (Å²) in [4.78, 5) is 20.5. The van der Waals surface area contributed by atoms with E-state index in [1.165, 1.54) is 17.7 Å². The fraction of sp³-hybridized carbons (Fsp3) is 0.379. The van der Waals surface area contributed by atoms with Crippen molar-refractivity contribution in [3.8, 4) is 0 Å². The van der Waals surface area contributed by atoms with Gasteiger partial charge in [0.2, 0.25) is 5.91 Å². The van der Waals surface area contributed by atoms with E-state index in [4.69, 9.17) is 4.74 Å². The minimum atomic E-state index is -0.362. The van der Waals surface area contributed by atoms with Crippen LogP contribution in [-0.4, -0.2) is 48.1 Å². The van der Waals surface area contributed by atoms with Crippen LogP contribution in [0.2, 0.25) is 0 Å². The average Bonchev–Trinajstić information content (AvgIpc) is 2.93. The zero-order chi connectivity index (χ0) is 24.0. The number of nitrogens with one attached hydrogen (secondary N) is 1. The predicted molar refractivity (Wildman–Crippen MR) is 133 cm³/mol. The number of benzene rings is 2. The van der Waals surface area contributed by atoms with Crippen LogP contribution in [0.15, 0.2) is 79.1 Å². The topological polar surface area (TPSA) is 54.5 Å². The Labute approximate surface area is 206 Å². The summed E-state index contributed by atoms with van der Waals surface area (Å²) in [6, 6.07) is 20.7. The van der Waals surface area contributed by atoms with Gasteiger partial charge in [-0.25, -0.2) is 4.39 Å². The van der Waals surface area contributed by atoms with E-state index in [1.54, 1.807) is 24.5 Å². The van der Waals surface area contributed by atoms with Gasteiger partial charge in [-0.3, -0.25) is 14.7 Å². The molecule has 1 saturated heterocycles. The summed E-state index contributed by atoms with van der Waals surface area (Å²) in [7, 11) is 0. The molecule has 35 heavy (non-hydrogen) atoms. The zero-order valence-corrected chi connectivity index (χ0v) is 19.9. The number of carbonyl (C=O) groups excluding carboxylic acids is 1. The second-order valence-corrected chi connectivity index (χ2v) is 9.51. The molecule has 1 aliphatic carbocycles. The predicted octanol–water partition coefficient (Wildman–Crippen LogP) is 4.71. The van der Waals surface area contributed by atoms with Gasteiger partial charge in [0.25, 0.3) is 0 Å². The third kappa shape index (κ3) is 5.60. The van der Waals surface area contributed by atoms with Gasteiger partial charge in [0.1, 0.15) is 5.82 Å². The molecule has 1 N–H and O–H groups in total. The molecular weight excluding hydrogens is 441 g/mol. The second kappa shape index (κ2) is 11.1. The van der Waals surface area contributed by atoms with Crippen LogP contribution >= 0.6 is 0 Å². The Hall–Kier alpha value is -3.09. The molecule has 1 aromatic heterocycles. The second-order valence-electron chi connectivity index (χ2n) is 9.51. The van der Waals surface area contributed by atoms with Crippen LogP contribution in [0.4, 0.5) is 4.39 Å². The Bertz CT molecular complexity index is 1090. The van der Waals surface area contributed by atoms with Gasteiger partial charge >= 0.3 is 0 Å². The summed E-state index contributed by atoms with van der Waals surface area (Å²) in [6.07, 6.45) is 6.23. The number of pyridine rings is 1. The smallest absolute Gasteiger partial charge is 0.224 e. The third-order valence-electron chi connectivity index (χ3n) is 7.48. The highest BCUT2D eigenvalue weighted by Crippen LogP contribution is 2.40. The maximum absolute atomic E-state index is 13.9. The van der Waals surface area contributed by atoms with E-state index < -0.39 is 0 Å². The molecule has 0 radical (unpaired) electrons. The van der Waals surface area contributed by atoms with Gasteiger partial charge in [-0.2, -0.15) is 0 Å². The molecule has 2 fully saturated rings. The highest BCUT2D eigenvalue weighted by Gasteiger charge is 2.39. The number of ether oxygens (including phenoxy) is 1. The van der Waals surface area contributed by atoms with Crippen LogP contribution in [0.25, 0.3) is 0 Å². The van der Waals surface area contributed by atoms with Gasteiger partial charge in [-0.1, -0.05) is 42.5 Å². The highest BCUT2D eigenvalue weighted by molar-refractivity contribution is 5.81. The molecule has 1 aliphatic heterocycles. The molecule has 0 spiro atoms. The number of hydrogen-bond donors (Lipinski definition) is 1. The SMILES string of the molecule is O=C(NC(c1ccncc1)c1ccc(F)cc1)[C@@H]1CC[C@@H](N2CCOCC2)C[C@H]1c1ccccc1. The summed E-state index contributed by atoms with van der Waals surface area (Å²) in [5.74, 6) is -0.229. The fourth-order valence-corrected chi connectivity index (χ4v) is 5.62. The number of amides is 1. The molecule has 1 unspecified atom stereocenters. The van der Waals surface area contributed by atoms with Gasteiger partial charge < -0.3 is 10.1 Å². The Kier molecular flexibility index (Phi) is 7.50. The lowest BCUT2D eigenvalue weighted by Gasteiger charge is -2.42. The van der Waals surface area contributed by atoms with E-state index in [0.29, 0.717) is 6.04 Å². The van der Waals surface area contributed by atoms with E-state index in [2.05, 4.69) is 39.5 Å². The molecule has 3 aromatic rings. The molecule has 2 aromatic carbocycles. The number of nitrogens with zero attached hydrogens (tertiary/aromatic N) is 2. The van der Waals surface area contributed by atoms with Crippen molar-refractivity contribution in [1.82, 2.24) is 15.2 Å². The Morgan fingerprint density at radius 3 is 2.34 bits per heavy atom. The van der Waals surface area contributed by atoms with Crippen LogP contribution in [0.3, 0.4) is 0 Å². The summed E-state index contributed by atoms with van der Waals surface area (Å²) in [5.41, 5.74) is 3.00. The van der Waals surface area contributed by atoms with Gasteiger partial charge in [0.05, 0.1) is 19.3 Å². The Morgan fingerprint density at radius 2 is 1.63 bits per heavy atom. The van der Waals surface area contributed by atoms with Crippen LogP contribution in [0.5, 0.6) is 0 Å². The lowest BCUT2D eigenvalue weighted by atomic mass is 9.72. The van der Waals surface area contributed by atoms with Crippen LogP contribution in [-0.2, 0) is 9.53 Å². The van der Waals surface area contributed by atoms with Crippen molar-refractivity contribution in [3.05, 3.63) is 102 Å². The number of halogens is 1. The van der Waals surface area contributed by atoms with Gasteiger partial charge in [0.15, 0.2) is 0 Å². The molecule has 6 heteroatoms.